The van der Waals surface area contributed by atoms with Crippen LogP contribution in [0.25, 0.3) is 0 Å². The highest BCUT2D eigenvalue weighted by molar-refractivity contribution is 5.69. The minimum atomic E-state index is -1.29. The number of ether oxygens (including phenoxy) is 2. The number of aliphatic hydroxyl groups excluding tert-OH is 2. The van der Waals surface area contributed by atoms with Crippen molar-refractivity contribution in [1.82, 2.24) is 0 Å². The molecule has 0 saturated heterocycles. The number of hydrogen-bond acceptors (Lipinski definition) is 5. The average Bonchev–Trinajstić information content (AvgIpc) is 2.81. The first kappa shape index (κ1) is 21.7. The van der Waals surface area contributed by atoms with Crippen molar-refractivity contribution in [3.05, 3.63) is 108 Å². The largest absolute Gasteiger partial charge is 0.469 e. The quantitative estimate of drug-likeness (QED) is 0.421. The van der Waals surface area contributed by atoms with E-state index in [2.05, 4.69) is 4.74 Å². The summed E-state index contributed by atoms with van der Waals surface area (Å²) in [6, 6.07) is 29.2. The smallest absolute Gasteiger partial charge is 0.308 e. The molecule has 0 aliphatic carbocycles. The molecule has 0 bridgehead atoms. The molecule has 3 aromatic rings. The maximum Gasteiger partial charge on any atom is 0.308 e. The number of aliphatic hydroxyl groups is 2. The molecule has 5 nitrogen and oxygen atoms in total. The fraction of sp³-hybridized carbons (Fsp3) is 0.240. The summed E-state index contributed by atoms with van der Waals surface area (Å²) in [5, 5.41) is 20.7. The number of methoxy groups -OCH3 is 1. The minimum absolute atomic E-state index is 0.184. The molecule has 0 heterocycles. The average molecular weight is 406 g/mol. The van der Waals surface area contributed by atoms with Gasteiger partial charge < -0.3 is 19.7 Å². The lowest BCUT2D eigenvalue weighted by Crippen LogP contribution is -2.39. The molecule has 0 aliphatic heterocycles. The number of carbonyl (C=O) groups excluding carboxylic acids is 1. The van der Waals surface area contributed by atoms with Crippen LogP contribution in [0.4, 0.5) is 0 Å². The van der Waals surface area contributed by atoms with Crippen LogP contribution in [-0.2, 0) is 19.9 Å². The molecule has 30 heavy (non-hydrogen) atoms. The number of rotatable bonds is 9. The molecule has 0 fully saturated rings. The summed E-state index contributed by atoms with van der Waals surface area (Å²) < 4.78 is 11.0. The van der Waals surface area contributed by atoms with Gasteiger partial charge >= 0.3 is 5.97 Å². The van der Waals surface area contributed by atoms with Crippen LogP contribution in [0.5, 0.6) is 0 Å². The Morgan fingerprint density at radius 3 is 1.53 bits per heavy atom. The van der Waals surface area contributed by atoms with Crippen molar-refractivity contribution in [2.45, 2.75) is 24.2 Å². The Morgan fingerprint density at radius 1 is 0.767 bits per heavy atom. The Morgan fingerprint density at radius 2 is 1.17 bits per heavy atom. The third kappa shape index (κ3) is 4.76. The maximum absolute atomic E-state index is 11.5. The van der Waals surface area contributed by atoms with Gasteiger partial charge in [0.1, 0.15) is 11.7 Å². The van der Waals surface area contributed by atoms with Gasteiger partial charge in [-0.05, 0) is 16.7 Å². The molecule has 0 aromatic heterocycles. The van der Waals surface area contributed by atoms with Gasteiger partial charge in [-0.1, -0.05) is 91.0 Å². The molecule has 0 unspecified atom stereocenters. The summed E-state index contributed by atoms with van der Waals surface area (Å²) in [7, 11) is 1.24. The SMILES string of the molecule is COC(=O)C[C@H](O)[C@H](O)COC(c1ccccc1)(c1ccccc1)c1ccccc1. The van der Waals surface area contributed by atoms with Gasteiger partial charge in [0.15, 0.2) is 0 Å². The van der Waals surface area contributed by atoms with Crippen LogP contribution in [0.1, 0.15) is 23.1 Å². The van der Waals surface area contributed by atoms with Crippen molar-refractivity contribution in [3.8, 4) is 0 Å². The first-order valence-corrected chi connectivity index (χ1v) is 9.81. The van der Waals surface area contributed by atoms with Crippen LogP contribution in [0.15, 0.2) is 91.0 Å². The predicted octanol–water partition coefficient (Wildman–Crippen LogP) is 3.28. The van der Waals surface area contributed by atoms with Gasteiger partial charge in [-0.3, -0.25) is 4.79 Å². The van der Waals surface area contributed by atoms with E-state index in [0.717, 1.165) is 16.7 Å². The summed E-state index contributed by atoms with van der Waals surface area (Å²) in [5.41, 5.74) is 1.65. The lowest BCUT2D eigenvalue weighted by atomic mass is 9.80. The lowest BCUT2D eigenvalue weighted by molar-refractivity contribution is -0.146. The molecule has 3 aromatic carbocycles. The number of carbonyl (C=O) groups is 1. The van der Waals surface area contributed by atoms with E-state index in [9.17, 15) is 15.0 Å². The molecule has 0 radical (unpaired) electrons. The molecular formula is C25H26O5. The molecule has 2 N–H and O–H groups in total. The molecule has 0 saturated carbocycles. The van der Waals surface area contributed by atoms with Gasteiger partial charge in [0.2, 0.25) is 0 Å². The molecule has 0 amide bonds. The zero-order valence-corrected chi connectivity index (χ0v) is 16.8. The van der Waals surface area contributed by atoms with Gasteiger partial charge in [-0.2, -0.15) is 0 Å². The van der Waals surface area contributed by atoms with Crippen LogP contribution in [0.3, 0.4) is 0 Å². The monoisotopic (exact) mass is 406 g/mol. The van der Waals surface area contributed by atoms with E-state index >= 15 is 0 Å². The number of benzene rings is 3. The molecule has 5 heteroatoms. The van der Waals surface area contributed by atoms with Gasteiger partial charge in [-0.25, -0.2) is 0 Å². The van der Waals surface area contributed by atoms with Gasteiger partial charge in [0, 0.05) is 0 Å². The Kier molecular flexibility index (Phi) is 7.36. The van der Waals surface area contributed by atoms with Crippen molar-refractivity contribution >= 4 is 5.97 Å². The van der Waals surface area contributed by atoms with Crippen molar-refractivity contribution < 1.29 is 24.5 Å². The van der Waals surface area contributed by atoms with E-state index in [4.69, 9.17) is 4.74 Å². The number of hydrogen-bond donors (Lipinski definition) is 2. The highest BCUT2D eigenvalue weighted by Crippen LogP contribution is 2.40. The highest BCUT2D eigenvalue weighted by Gasteiger charge is 2.38. The Balaban J connectivity index is 2.02. The van der Waals surface area contributed by atoms with Crippen molar-refractivity contribution in [2.24, 2.45) is 0 Å². The van der Waals surface area contributed by atoms with Crippen LogP contribution >= 0.6 is 0 Å². The van der Waals surface area contributed by atoms with E-state index < -0.39 is 23.8 Å². The first-order valence-electron chi connectivity index (χ1n) is 9.81. The van der Waals surface area contributed by atoms with Crippen LogP contribution in [0.2, 0.25) is 0 Å². The molecule has 156 valence electrons. The fourth-order valence-electron chi connectivity index (χ4n) is 3.48. The van der Waals surface area contributed by atoms with Gasteiger partial charge in [0.25, 0.3) is 0 Å². The Hall–Kier alpha value is -2.99. The van der Waals surface area contributed by atoms with Gasteiger partial charge in [-0.15, -0.1) is 0 Å². The molecule has 0 aliphatic rings. The third-order valence-corrected chi connectivity index (χ3v) is 5.06. The summed E-state index contributed by atoms with van der Waals surface area (Å²) in [6.45, 7) is -0.184. The van der Waals surface area contributed by atoms with E-state index in [-0.39, 0.29) is 13.0 Å². The Bertz CT molecular complexity index is 815. The van der Waals surface area contributed by atoms with Crippen molar-refractivity contribution in [3.63, 3.8) is 0 Å². The van der Waals surface area contributed by atoms with E-state index in [1.165, 1.54) is 7.11 Å². The van der Waals surface area contributed by atoms with Crippen LogP contribution in [-0.4, -0.2) is 42.1 Å². The Labute approximate surface area is 176 Å². The molecular weight excluding hydrogens is 380 g/mol. The molecule has 2 atom stereocenters. The van der Waals surface area contributed by atoms with Gasteiger partial charge in [0.05, 0.1) is 26.2 Å². The van der Waals surface area contributed by atoms with E-state index in [1.54, 1.807) is 0 Å². The summed E-state index contributed by atoms with van der Waals surface area (Å²) >= 11 is 0. The van der Waals surface area contributed by atoms with Crippen molar-refractivity contribution in [2.75, 3.05) is 13.7 Å². The zero-order chi connectivity index (χ0) is 21.4. The van der Waals surface area contributed by atoms with Crippen LogP contribution in [0, 0.1) is 0 Å². The van der Waals surface area contributed by atoms with E-state index in [1.807, 2.05) is 91.0 Å². The third-order valence-electron chi connectivity index (χ3n) is 5.06. The molecule has 0 spiro atoms. The number of esters is 1. The normalized spacial score (nSPS) is 13.4. The summed E-state index contributed by atoms with van der Waals surface area (Å²) in [6.07, 6.45) is -2.87. The highest BCUT2D eigenvalue weighted by atomic mass is 16.5. The maximum atomic E-state index is 11.5. The second kappa shape index (κ2) is 10.2. The lowest BCUT2D eigenvalue weighted by Gasteiger charge is -2.37. The van der Waals surface area contributed by atoms with Crippen LogP contribution < -0.4 is 0 Å². The predicted molar refractivity (Wildman–Crippen MR) is 114 cm³/mol. The first-order chi connectivity index (χ1) is 14.6. The molecule has 3 rings (SSSR count). The van der Waals surface area contributed by atoms with Crippen molar-refractivity contribution in [1.29, 1.82) is 0 Å². The zero-order valence-electron chi connectivity index (χ0n) is 16.8. The fourth-order valence-corrected chi connectivity index (χ4v) is 3.48. The van der Waals surface area contributed by atoms with E-state index in [0.29, 0.717) is 0 Å². The minimum Gasteiger partial charge on any atom is -0.469 e. The topological polar surface area (TPSA) is 76.0 Å². The summed E-state index contributed by atoms with van der Waals surface area (Å²) in [4.78, 5) is 11.5. The second-order valence-electron chi connectivity index (χ2n) is 7.01. The standard InChI is InChI=1S/C25H26O5/c1-29-24(28)17-22(26)23(27)18-30-25(19-11-5-2-6-12-19,20-13-7-3-8-14-20)21-15-9-4-10-16-21/h2-16,22-23,26-27H,17-18H2,1H3/t22-,23+/m0/s1. The summed E-state index contributed by atoms with van der Waals surface area (Å²) in [5.74, 6) is -0.595. The second-order valence-corrected chi connectivity index (χ2v) is 7.01.